The van der Waals surface area contributed by atoms with Crippen LogP contribution in [0.3, 0.4) is 0 Å². The molecule has 0 heterocycles. The molecule has 2 nitrogen and oxygen atoms in total. The summed E-state index contributed by atoms with van der Waals surface area (Å²) in [6, 6.07) is 0. The van der Waals surface area contributed by atoms with Crippen molar-refractivity contribution in [3.63, 3.8) is 0 Å². The third-order valence-electron chi connectivity index (χ3n) is 3.84. The Labute approximate surface area is 87.7 Å². The Morgan fingerprint density at radius 2 is 1.86 bits per heavy atom. The second kappa shape index (κ2) is 4.63. The number of hydrogen-bond donors (Lipinski definition) is 1. The van der Waals surface area contributed by atoms with Crippen LogP contribution in [0.1, 0.15) is 52.4 Å². The smallest absolute Gasteiger partial charge is 0.0699 e. The van der Waals surface area contributed by atoms with Crippen LogP contribution in [-0.4, -0.2) is 24.4 Å². The summed E-state index contributed by atoms with van der Waals surface area (Å²) in [5.74, 6) is 0. The second-order valence-corrected chi connectivity index (χ2v) is 5.22. The molecule has 0 amide bonds. The van der Waals surface area contributed by atoms with E-state index in [1.165, 1.54) is 12.8 Å². The van der Waals surface area contributed by atoms with Crippen molar-refractivity contribution >= 4 is 0 Å². The van der Waals surface area contributed by atoms with Gasteiger partial charge in [-0.1, -0.05) is 26.7 Å². The van der Waals surface area contributed by atoms with Crippen LogP contribution in [0.15, 0.2) is 0 Å². The maximum Gasteiger partial charge on any atom is 0.0699 e. The molecule has 1 saturated carbocycles. The minimum Gasteiger partial charge on any atom is -0.389 e. The van der Waals surface area contributed by atoms with E-state index in [2.05, 4.69) is 13.8 Å². The van der Waals surface area contributed by atoms with E-state index >= 15 is 0 Å². The van der Waals surface area contributed by atoms with Crippen molar-refractivity contribution in [1.82, 2.24) is 0 Å². The van der Waals surface area contributed by atoms with Crippen LogP contribution < -0.4 is 0 Å². The van der Waals surface area contributed by atoms with Gasteiger partial charge in [-0.15, -0.1) is 0 Å². The van der Waals surface area contributed by atoms with E-state index in [1.807, 2.05) is 0 Å². The van der Waals surface area contributed by atoms with Crippen molar-refractivity contribution in [3.8, 4) is 0 Å². The number of aliphatic hydroxyl groups is 1. The van der Waals surface area contributed by atoms with Gasteiger partial charge in [0.1, 0.15) is 0 Å². The van der Waals surface area contributed by atoms with Crippen LogP contribution >= 0.6 is 0 Å². The lowest BCUT2D eigenvalue weighted by molar-refractivity contribution is -0.105. The molecule has 0 bridgehead atoms. The minimum atomic E-state index is -0.455. The summed E-state index contributed by atoms with van der Waals surface area (Å²) in [5.41, 5.74) is -0.372. The summed E-state index contributed by atoms with van der Waals surface area (Å²) < 4.78 is 5.03. The van der Waals surface area contributed by atoms with E-state index in [0.29, 0.717) is 0 Å². The second-order valence-electron chi connectivity index (χ2n) is 5.22. The van der Waals surface area contributed by atoms with Crippen molar-refractivity contribution in [1.29, 1.82) is 0 Å². The van der Waals surface area contributed by atoms with Crippen LogP contribution in [0, 0.1) is 5.41 Å². The maximum atomic E-state index is 10.6. The molecular weight excluding hydrogens is 176 g/mol. The zero-order chi connectivity index (χ0) is 10.7. The Balaban J connectivity index is 2.51. The van der Waals surface area contributed by atoms with Gasteiger partial charge < -0.3 is 9.84 Å². The van der Waals surface area contributed by atoms with Crippen LogP contribution in [0.4, 0.5) is 0 Å². The van der Waals surface area contributed by atoms with Gasteiger partial charge in [0.2, 0.25) is 0 Å². The summed E-state index contributed by atoms with van der Waals surface area (Å²) in [7, 11) is 1.72. The molecule has 14 heavy (non-hydrogen) atoms. The SMILES string of the molecule is COCCCC1(O)CCCCC1(C)C. The maximum absolute atomic E-state index is 10.6. The highest BCUT2D eigenvalue weighted by Crippen LogP contribution is 2.46. The van der Waals surface area contributed by atoms with E-state index in [0.717, 1.165) is 32.3 Å². The first kappa shape index (κ1) is 12.0. The number of methoxy groups -OCH3 is 1. The molecule has 1 fully saturated rings. The molecule has 2 heteroatoms. The molecule has 0 aromatic heterocycles. The molecule has 0 radical (unpaired) electrons. The molecule has 0 aromatic rings. The monoisotopic (exact) mass is 200 g/mol. The Hall–Kier alpha value is -0.0800. The van der Waals surface area contributed by atoms with Crippen LogP contribution in [0.5, 0.6) is 0 Å². The first-order valence-corrected chi connectivity index (χ1v) is 5.73. The molecular formula is C12H24O2. The van der Waals surface area contributed by atoms with Crippen molar-refractivity contribution in [2.75, 3.05) is 13.7 Å². The number of rotatable bonds is 4. The van der Waals surface area contributed by atoms with Gasteiger partial charge in [0, 0.05) is 13.7 Å². The molecule has 1 aliphatic carbocycles. The van der Waals surface area contributed by atoms with Gasteiger partial charge in [0.25, 0.3) is 0 Å². The third kappa shape index (κ3) is 2.48. The summed E-state index contributed by atoms with van der Waals surface area (Å²) in [6.07, 6.45) is 6.40. The van der Waals surface area contributed by atoms with Gasteiger partial charge in [-0.25, -0.2) is 0 Å². The number of ether oxygens (including phenoxy) is 1. The van der Waals surface area contributed by atoms with E-state index in [-0.39, 0.29) is 5.41 Å². The molecule has 0 aliphatic heterocycles. The summed E-state index contributed by atoms with van der Waals surface area (Å²) in [4.78, 5) is 0. The molecule has 0 aromatic carbocycles. The lowest BCUT2D eigenvalue weighted by Crippen LogP contribution is -2.47. The van der Waals surface area contributed by atoms with Crippen molar-refractivity contribution in [2.45, 2.75) is 58.0 Å². The quantitative estimate of drug-likeness (QED) is 0.707. The van der Waals surface area contributed by atoms with Gasteiger partial charge in [0.05, 0.1) is 5.60 Å². The van der Waals surface area contributed by atoms with Crippen LogP contribution in [-0.2, 0) is 4.74 Å². The topological polar surface area (TPSA) is 29.5 Å². The Kier molecular flexibility index (Phi) is 3.96. The van der Waals surface area contributed by atoms with E-state index < -0.39 is 5.60 Å². The lowest BCUT2D eigenvalue weighted by atomic mass is 9.64. The van der Waals surface area contributed by atoms with Crippen LogP contribution in [0.25, 0.3) is 0 Å². The summed E-state index contributed by atoms with van der Waals surface area (Å²) >= 11 is 0. The normalized spacial score (nSPS) is 31.7. The fourth-order valence-electron chi connectivity index (χ4n) is 2.53. The van der Waals surface area contributed by atoms with Gasteiger partial charge >= 0.3 is 0 Å². The van der Waals surface area contributed by atoms with E-state index in [4.69, 9.17) is 4.74 Å². The zero-order valence-electron chi connectivity index (χ0n) is 9.81. The molecule has 1 aliphatic rings. The molecule has 84 valence electrons. The largest absolute Gasteiger partial charge is 0.389 e. The zero-order valence-corrected chi connectivity index (χ0v) is 9.81. The van der Waals surface area contributed by atoms with Crippen LogP contribution in [0.2, 0.25) is 0 Å². The summed E-state index contributed by atoms with van der Waals surface area (Å²) in [5, 5.41) is 10.6. The Morgan fingerprint density at radius 3 is 2.43 bits per heavy atom. The fraction of sp³-hybridized carbons (Fsp3) is 1.00. The molecule has 1 N–H and O–H groups in total. The van der Waals surface area contributed by atoms with Gasteiger partial charge in [-0.2, -0.15) is 0 Å². The standard InChI is InChI=1S/C12H24O2/c1-11(2)7-4-5-8-12(11,13)9-6-10-14-3/h13H,4-10H2,1-3H3. The minimum absolute atomic E-state index is 0.0823. The van der Waals surface area contributed by atoms with Gasteiger partial charge in [0.15, 0.2) is 0 Å². The first-order valence-electron chi connectivity index (χ1n) is 5.73. The average molecular weight is 200 g/mol. The number of hydrogen-bond acceptors (Lipinski definition) is 2. The average Bonchev–Trinajstić information content (AvgIpc) is 2.11. The Bertz CT molecular complexity index is 177. The Morgan fingerprint density at radius 1 is 1.21 bits per heavy atom. The van der Waals surface area contributed by atoms with E-state index in [9.17, 15) is 5.11 Å². The van der Waals surface area contributed by atoms with E-state index in [1.54, 1.807) is 7.11 Å². The predicted octanol–water partition coefficient (Wildman–Crippen LogP) is 2.74. The molecule has 1 atom stereocenters. The van der Waals surface area contributed by atoms with Crippen molar-refractivity contribution < 1.29 is 9.84 Å². The fourth-order valence-corrected chi connectivity index (χ4v) is 2.53. The van der Waals surface area contributed by atoms with Gasteiger partial charge in [-0.05, 0) is 31.1 Å². The molecule has 0 spiro atoms. The van der Waals surface area contributed by atoms with Gasteiger partial charge in [-0.3, -0.25) is 0 Å². The molecule has 1 rings (SSSR count). The molecule has 0 saturated heterocycles. The summed E-state index contributed by atoms with van der Waals surface area (Å²) in [6.45, 7) is 5.15. The highest BCUT2D eigenvalue weighted by Gasteiger charge is 2.44. The highest BCUT2D eigenvalue weighted by atomic mass is 16.5. The lowest BCUT2D eigenvalue weighted by Gasteiger charge is -2.46. The molecule has 1 unspecified atom stereocenters. The predicted molar refractivity (Wildman–Crippen MR) is 58.3 cm³/mol. The first-order chi connectivity index (χ1) is 6.52. The third-order valence-corrected chi connectivity index (χ3v) is 3.84. The highest BCUT2D eigenvalue weighted by molar-refractivity contribution is 4.96. The van der Waals surface area contributed by atoms with Crippen molar-refractivity contribution in [3.05, 3.63) is 0 Å². The van der Waals surface area contributed by atoms with Crippen molar-refractivity contribution in [2.24, 2.45) is 5.41 Å².